The highest BCUT2D eigenvalue weighted by Crippen LogP contribution is 2.15. The van der Waals surface area contributed by atoms with Crippen LogP contribution in [0, 0.1) is 0 Å². The number of aryl methyl sites for hydroxylation is 1. The molecular formula is C14H16N2O4. The topological polar surface area (TPSA) is 73.5 Å². The standard InChI is InChI=1S/C14H16N2O4/c1-16-11-5-4-9(7-12(11)20-14(16)18)13(17)15-8-10-3-2-6-19-10/h4-5,7,10H,2-3,6,8H2,1H3,(H,15,17). The molecule has 1 atom stereocenters. The van der Waals surface area contributed by atoms with Gasteiger partial charge in [-0.25, -0.2) is 4.79 Å². The number of carbonyl (C=O) groups excluding carboxylic acids is 1. The third-order valence-corrected chi connectivity index (χ3v) is 3.57. The Morgan fingerprint density at radius 3 is 3.10 bits per heavy atom. The average molecular weight is 276 g/mol. The Hall–Kier alpha value is -2.08. The predicted octanol–water partition coefficient (Wildman–Crippen LogP) is 1.04. The van der Waals surface area contributed by atoms with Crippen LogP contribution in [0.15, 0.2) is 27.4 Å². The number of aromatic nitrogens is 1. The van der Waals surface area contributed by atoms with E-state index in [1.165, 1.54) is 4.57 Å². The number of nitrogens with zero attached hydrogens (tertiary/aromatic N) is 1. The second-order valence-electron chi connectivity index (χ2n) is 4.95. The molecule has 1 saturated heterocycles. The lowest BCUT2D eigenvalue weighted by Gasteiger charge is -2.10. The maximum atomic E-state index is 12.0. The molecule has 2 aromatic rings. The number of carbonyl (C=O) groups is 1. The highest BCUT2D eigenvalue weighted by atomic mass is 16.5. The normalized spacial score (nSPS) is 18.6. The summed E-state index contributed by atoms with van der Waals surface area (Å²) >= 11 is 0. The van der Waals surface area contributed by atoms with Gasteiger partial charge in [-0.1, -0.05) is 0 Å². The van der Waals surface area contributed by atoms with Crippen LogP contribution in [-0.2, 0) is 11.8 Å². The summed E-state index contributed by atoms with van der Waals surface area (Å²) in [6.07, 6.45) is 2.13. The molecule has 3 rings (SSSR count). The van der Waals surface area contributed by atoms with E-state index < -0.39 is 5.76 Å². The van der Waals surface area contributed by atoms with E-state index in [9.17, 15) is 9.59 Å². The van der Waals surface area contributed by atoms with Crippen molar-refractivity contribution in [1.82, 2.24) is 9.88 Å². The van der Waals surface area contributed by atoms with Gasteiger partial charge in [-0.3, -0.25) is 9.36 Å². The maximum absolute atomic E-state index is 12.0. The summed E-state index contributed by atoms with van der Waals surface area (Å²) in [5, 5.41) is 2.84. The molecule has 6 nitrogen and oxygen atoms in total. The lowest BCUT2D eigenvalue weighted by molar-refractivity contribution is 0.0858. The van der Waals surface area contributed by atoms with Gasteiger partial charge in [0.05, 0.1) is 11.6 Å². The molecule has 1 aliphatic rings. The summed E-state index contributed by atoms with van der Waals surface area (Å²) in [6, 6.07) is 4.98. The van der Waals surface area contributed by atoms with Crippen LogP contribution in [0.1, 0.15) is 23.2 Å². The first-order valence-electron chi connectivity index (χ1n) is 6.64. The fourth-order valence-electron chi connectivity index (χ4n) is 2.39. The minimum absolute atomic E-state index is 0.109. The van der Waals surface area contributed by atoms with Gasteiger partial charge in [0, 0.05) is 25.8 Å². The van der Waals surface area contributed by atoms with Crippen molar-refractivity contribution in [2.75, 3.05) is 13.2 Å². The fourth-order valence-corrected chi connectivity index (χ4v) is 2.39. The van der Waals surface area contributed by atoms with Gasteiger partial charge in [-0.2, -0.15) is 0 Å². The quantitative estimate of drug-likeness (QED) is 0.909. The molecule has 6 heteroatoms. The number of hydrogen-bond donors (Lipinski definition) is 1. The van der Waals surface area contributed by atoms with Gasteiger partial charge in [-0.15, -0.1) is 0 Å². The van der Waals surface area contributed by atoms with E-state index in [-0.39, 0.29) is 12.0 Å². The molecular weight excluding hydrogens is 260 g/mol. The highest BCUT2D eigenvalue weighted by molar-refractivity contribution is 5.97. The van der Waals surface area contributed by atoms with Gasteiger partial charge in [0.15, 0.2) is 5.58 Å². The molecule has 20 heavy (non-hydrogen) atoms. The van der Waals surface area contributed by atoms with Crippen LogP contribution in [0.25, 0.3) is 11.1 Å². The lowest BCUT2D eigenvalue weighted by Crippen LogP contribution is -2.31. The number of oxazole rings is 1. The van der Waals surface area contributed by atoms with Gasteiger partial charge in [0.1, 0.15) is 0 Å². The van der Waals surface area contributed by atoms with Gasteiger partial charge >= 0.3 is 5.76 Å². The van der Waals surface area contributed by atoms with Crippen LogP contribution in [0.3, 0.4) is 0 Å². The lowest BCUT2D eigenvalue weighted by atomic mass is 10.2. The second-order valence-corrected chi connectivity index (χ2v) is 4.95. The Morgan fingerprint density at radius 2 is 2.35 bits per heavy atom. The first-order chi connectivity index (χ1) is 9.65. The van der Waals surface area contributed by atoms with Gasteiger partial charge in [-0.05, 0) is 31.0 Å². The molecule has 1 aliphatic heterocycles. The van der Waals surface area contributed by atoms with E-state index >= 15 is 0 Å². The van der Waals surface area contributed by atoms with Crippen molar-refractivity contribution < 1.29 is 13.9 Å². The zero-order valence-corrected chi connectivity index (χ0v) is 11.2. The molecule has 1 aromatic carbocycles. The number of ether oxygens (including phenoxy) is 1. The highest BCUT2D eigenvalue weighted by Gasteiger charge is 2.17. The summed E-state index contributed by atoms with van der Waals surface area (Å²) < 4.78 is 11.9. The van der Waals surface area contributed by atoms with Crippen LogP contribution >= 0.6 is 0 Å². The van der Waals surface area contributed by atoms with E-state index in [1.807, 2.05) is 0 Å². The predicted molar refractivity (Wildman–Crippen MR) is 72.8 cm³/mol. The molecule has 1 fully saturated rings. The molecule has 0 bridgehead atoms. The van der Waals surface area contributed by atoms with Crippen LogP contribution in [0.5, 0.6) is 0 Å². The smallest absolute Gasteiger partial charge is 0.408 e. The maximum Gasteiger partial charge on any atom is 0.419 e. The second kappa shape index (κ2) is 5.13. The summed E-state index contributed by atoms with van der Waals surface area (Å²) in [5.74, 6) is -0.620. The molecule has 1 aromatic heterocycles. The van der Waals surface area contributed by atoms with Crippen molar-refractivity contribution in [2.45, 2.75) is 18.9 Å². The number of rotatable bonds is 3. The SMILES string of the molecule is Cn1c(=O)oc2cc(C(=O)NCC3CCCO3)ccc21. The molecule has 0 radical (unpaired) electrons. The Kier molecular flexibility index (Phi) is 3.31. The minimum Gasteiger partial charge on any atom is -0.408 e. The van der Waals surface area contributed by atoms with E-state index in [1.54, 1.807) is 25.2 Å². The zero-order chi connectivity index (χ0) is 14.1. The Balaban J connectivity index is 1.75. The van der Waals surface area contributed by atoms with Crippen LogP contribution in [-0.4, -0.2) is 29.7 Å². The van der Waals surface area contributed by atoms with E-state index in [0.717, 1.165) is 19.4 Å². The monoisotopic (exact) mass is 276 g/mol. The first-order valence-corrected chi connectivity index (χ1v) is 6.64. The Labute approximate surface area is 115 Å². The van der Waals surface area contributed by atoms with Crippen LogP contribution in [0.2, 0.25) is 0 Å². The molecule has 1 amide bonds. The first kappa shape index (κ1) is 12.9. The van der Waals surface area contributed by atoms with Gasteiger partial charge in [0.2, 0.25) is 0 Å². The fraction of sp³-hybridized carbons (Fsp3) is 0.429. The molecule has 2 heterocycles. The minimum atomic E-state index is -0.433. The van der Waals surface area contributed by atoms with Crippen molar-refractivity contribution in [3.8, 4) is 0 Å². The number of fused-ring (bicyclic) bond motifs is 1. The Bertz CT molecular complexity index is 695. The van der Waals surface area contributed by atoms with Crippen molar-refractivity contribution in [2.24, 2.45) is 7.05 Å². The number of amides is 1. The average Bonchev–Trinajstić information content (AvgIpc) is 3.05. The van der Waals surface area contributed by atoms with E-state index in [4.69, 9.17) is 9.15 Å². The molecule has 0 saturated carbocycles. The van der Waals surface area contributed by atoms with Crippen molar-refractivity contribution in [3.05, 3.63) is 34.3 Å². The molecule has 0 spiro atoms. The summed E-state index contributed by atoms with van der Waals surface area (Å²) in [4.78, 5) is 23.4. The van der Waals surface area contributed by atoms with Crippen molar-refractivity contribution >= 4 is 17.0 Å². The Morgan fingerprint density at radius 1 is 1.50 bits per heavy atom. The summed E-state index contributed by atoms with van der Waals surface area (Å²) in [5.41, 5.74) is 1.57. The largest absolute Gasteiger partial charge is 0.419 e. The van der Waals surface area contributed by atoms with E-state index in [0.29, 0.717) is 23.2 Å². The molecule has 1 N–H and O–H groups in total. The number of hydrogen-bond acceptors (Lipinski definition) is 4. The third-order valence-electron chi connectivity index (χ3n) is 3.57. The number of nitrogens with one attached hydrogen (secondary N) is 1. The van der Waals surface area contributed by atoms with Crippen LogP contribution in [0.4, 0.5) is 0 Å². The van der Waals surface area contributed by atoms with E-state index in [2.05, 4.69) is 5.32 Å². The van der Waals surface area contributed by atoms with Gasteiger partial charge in [0.25, 0.3) is 5.91 Å². The molecule has 106 valence electrons. The third kappa shape index (κ3) is 2.34. The van der Waals surface area contributed by atoms with Crippen molar-refractivity contribution in [1.29, 1.82) is 0 Å². The zero-order valence-electron chi connectivity index (χ0n) is 11.2. The number of benzene rings is 1. The summed E-state index contributed by atoms with van der Waals surface area (Å²) in [6.45, 7) is 1.28. The molecule has 0 aliphatic carbocycles. The van der Waals surface area contributed by atoms with Gasteiger partial charge < -0.3 is 14.5 Å². The van der Waals surface area contributed by atoms with Crippen molar-refractivity contribution in [3.63, 3.8) is 0 Å². The van der Waals surface area contributed by atoms with Crippen LogP contribution < -0.4 is 11.1 Å². The summed E-state index contributed by atoms with van der Waals surface area (Å²) in [7, 11) is 1.63. The molecule has 1 unspecified atom stereocenters.